The van der Waals surface area contributed by atoms with Gasteiger partial charge in [-0.25, -0.2) is 0 Å². The number of aliphatic hydroxyl groups is 2. The average molecular weight is 433 g/mol. The zero-order chi connectivity index (χ0) is 22.8. The van der Waals surface area contributed by atoms with Crippen molar-refractivity contribution in [1.82, 2.24) is 0 Å². The molecular formula is C24H32O7. The number of aliphatic carboxylic acids is 1. The van der Waals surface area contributed by atoms with Crippen LogP contribution in [0.1, 0.15) is 58.8 Å². The number of esters is 1. The molecule has 0 aliphatic heterocycles. The van der Waals surface area contributed by atoms with Gasteiger partial charge in [0.15, 0.2) is 5.78 Å². The SMILES string of the molecule is COC(=O)[C@@H]1CC2=CC(=O)CC[C@]2(C)C2=C[C@H](O)[C@@]3(C)[C@@H](CC[C@@]3(O)CCC(=O)O)[C@@H]21. The Labute approximate surface area is 182 Å². The Bertz CT molecular complexity index is 888. The summed E-state index contributed by atoms with van der Waals surface area (Å²) in [6.45, 7) is 3.91. The second-order valence-corrected chi connectivity index (χ2v) is 10.2. The molecule has 2 fully saturated rings. The highest BCUT2D eigenvalue weighted by Gasteiger charge is 2.67. The number of fused-ring (bicyclic) bond motifs is 5. The molecule has 2 saturated carbocycles. The molecule has 0 unspecified atom stereocenters. The molecule has 31 heavy (non-hydrogen) atoms. The molecule has 0 aromatic carbocycles. The van der Waals surface area contributed by atoms with Crippen LogP contribution in [-0.4, -0.2) is 51.9 Å². The number of carbonyl (C=O) groups is 3. The Balaban J connectivity index is 1.84. The van der Waals surface area contributed by atoms with Crippen molar-refractivity contribution in [2.45, 2.75) is 70.5 Å². The predicted molar refractivity (Wildman–Crippen MR) is 111 cm³/mol. The van der Waals surface area contributed by atoms with Crippen molar-refractivity contribution in [2.24, 2.45) is 28.6 Å². The van der Waals surface area contributed by atoms with Crippen LogP contribution in [-0.2, 0) is 19.1 Å². The number of ketones is 1. The van der Waals surface area contributed by atoms with Crippen molar-refractivity contribution in [2.75, 3.05) is 7.11 Å². The maximum atomic E-state index is 12.9. The van der Waals surface area contributed by atoms with E-state index in [1.165, 1.54) is 7.11 Å². The largest absolute Gasteiger partial charge is 0.481 e. The monoisotopic (exact) mass is 432 g/mol. The van der Waals surface area contributed by atoms with Crippen molar-refractivity contribution in [1.29, 1.82) is 0 Å². The fraction of sp³-hybridized carbons (Fsp3) is 0.708. The van der Waals surface area contributed by atoms with Gasteiger partial charge in [-0.1, -0.05) is 31.1 Å². The third kappa shape index (κ3) is 3.04. The summed E-state index contributed by atoms with van der Waals surface area (Å²) in [6, 6.07) is 0. The van der Waals surface area contributed by atoms with Gasteiger partial charge < -0.3 is 20.1 Å². The fourth-order valence-corrected chi connectivity index (χ4v) is 7.10. The lowest BCUT2D eigenvalue weighted by atomic mass is 9.47. The van der Waals surface area contributed by atoms with E-state index in [0.29, 0.717) is 32.1 Å². The van der Waals surface area contributed by atoms with E-state index in [0.717, 1.165) is 11.1 Å². The second-order valence-electron chi connectivity index (χ2n) is 10.2. The van der Waals surface area contributed by atoms with Crippen molar-refractivity contribution < 1.29 is 34.4 Å². The van der Waals surface area contributed by atoms with Gasteiger partial charge in [-0.2, -0.15) is 0 Å². The topological polar surface area (TPSA) is 121 Å². The lowest BCUT2D eigenvalue weighted by Crippen LogP contribution is -2.59. The molecule has 0 saturated heterocycles. The standard InChI is InChI=1S/C24H32O7/c1-22-7-4-14(25)10-13(22)11-15(21(29)31-3)20-16-5-8-24(30,9-6-19(27)28)23(16,2)18(26)12-17(20)22/h10,12,15-16,18,20,26,30H,4-9,11H2,1-3H3,(H,27,28)/t15-,16+,18+,20+,22+,23-,24-/m1/s1. The average Bonchev–Trinajstić information content (AvgIpc) is 2.99. The summed E-state index contributed by atoms with van der Waals surface area (Å²) in [4.78, 5) is 36.2. The minimum atomic E-state index is -1.34. The predicted octanol–water partition coefficient (Wildman–Crippen LogP) is 2.40. The first-order valence-electron chi connectivity index (χ1n) is 11.1. The van der Waals surface area contributed by atoms with Gasteiger partial charge in [-0.05, 0) is 50.0 Å². The summed E-state index contributed by atoms with van der Waals surface area (Å²) in [5.74, 6) is -2.20. The number of hydrogen-bond donors (Lipinski definition) is 3. The van der Waals surface area contributed by atoms with E-state index < -0.39 is 34.4 Å². The van der Waals surface area contributed by atoms with Gasteiger partial charge in [-0.3, -0.25) is 14.4 Å². The second kappa shape index (κ2) is 7.27. The number of ether oxygens (including phenoxy) is 1. The molecule has 4 aliphatic carbocycles. The molecule has 3 N–H and O–H groups in total. The minimum Gasteiger partial charge on any atom is -0.481 e. The molecule has 7 nitrogen and oxygen atoms in total. The molecule has 0 heterocycles. The summed E-state index contributed by atoms with van der Waals surface area (Å²) >= 11 is 0. The van der Waals surface area contributed by atoms with Crippen LogP contribution in [0.2, 0.25) is 0 Å². The summed E-state index contributed by atoms with van der Waals surface area (Å²) in [5, 5.41) is 32.0. The van der Waals surface area contributed by atoms with E-state index in [1.54, 1.807) is 12.2 Å². The Kier molecular flexibility index (Phi) is 5.21. The molecule has 7 heteroatoms. The molecule has 0 spiro atoms. The molecule has 0 radical (unpaired) electrons. The lowest BCUT2D eigenvalue weighted by molar-refractivity contribution is -0.161. The zero-order valence-corrected chi connectivity index (χ0v) is 18.4. The summed E-state index contributed by atoms with van der Waals surface area (Å²) in [6.07, 6.45) is 4.80. The van der Waals surface area contributed by atoms with E-state index in [4.69, 9.17) is 4.74 Å². The Morgan fingerprint density at radius 3 is 2.61 bits per heavy atom. The lowest BCUT2D eigenvalue weighted by Gasteiger charge is -2.58. The molecule has 4 rings (SSSR count). The van der Waals surface area contributed by atoms with E-state index in [2.05, 4.69) is 6.92 Å². The van der Waals surface area contributed by atoms with Crippen molar-refractivity contribution in [3.8, 4) is 0 Å². The van der Waals surface area contributed by atoms with Crippen molar-refractivity contribution >= 4 is 17.7 Å². The van der Waals surface area contributed by atoms with E-state index in [9.17, 15) is 29.7 Å². The molecule has 7 atom stereocenters. The van der Waals surface area contributed by atoms with E-state index in [1.807, 2.05) is 6.92 Å². The highest BCUT2D eigenvalue weighted by atomic mass is 16.5. The number of carboxylic acids is 1. The van der Waals surface area contributed by atoms with Crippen LogP contribution in [0.4, 0.5) is 0 Å². The van der Waals surface area contributed by atoms with Crippen molar-refractivity contribution in [3.63, 3.8) is 0 Å². The fourth-order valence-electron chi connectivity index (χ4n) is 7.10. The molecule has 170 valence electrons. The minimum absolute atomic E-state index is 0.0558. The zero-order valence-electron chi connectivity index (χ0n) is 18.4. The Hall–Kier alpha value is -1.99. The van der Waals surface area contributed by atoms with E-state index >= 15 is 0 Å². The molecule has 0 aromatic rings. The molecule has 0 amide bonds. The van der Waals surface area contributed by atoms with Gasteiger partial charge in [0.1, 0.15) is 0 Å². The van der Waals surface area contributed by atoms with Crippen LogP contribution in [0, 0.1) is 28.6 Å². The third-order valence-corrected chi connectivity index (χ3v) is 9.07. The number of carbonyl (C=O) groups excluding carboxylic acids is 2. The van der Waals surface area contributed by atoms with Gasteiger partial charge in [0, 0.05) is 23.7 Å². The highest BCUT2D eigenvalue weighted by Crippen LogP contribution is 2.67. The third-order valence-electron chi connectivity index (χ3n) is 9.07. The molecule has 4 aliphatic rings. The first-order valence-corrected chi connectivity index (χ1v) is 11.1. The quantitative estimate of drug-likeness (QED) is 0.461. The van der Waals surface area contributed by atoms with Gasteiger partial charge >= 0.3 is 11.9 Å². The number of rotatable bonds is 4. The van der Waals surface area contributed by atoms with Gasteiger partial charge in [0.2, 0.25) is 0 Å². The molecule has 0 aromatic heterocycles. The first kappa shape index (κ1) is 22.2. The number of hydrogen-bond acceptors (Lipinski definition) is 6. The number of allylic oxidation sites excluding steroid dienone is 3. The molecule has 0 bridgehead atoms. The van der Waals surface area contributed by atoms with Crippen LogP contribution in [0.5, 0.6) is 0 Å². The van der Waals surface area contributed by atoms with Gasteiger partial charge in [0.05, 0.1) is 24.7 Å². The van der Waals surface area contributed by atoms with Crippen LogP contribution < -0.4 is 0 Å². The van der Waals surface area contributed by atoms with Crippen LogP contribution in [0.3, 0.4) is 0 Å². The summed E-state index contributed by atoms with van der Waals surface area (Å²) < 4.78 is 5.14. The Morgan fingerprint density at radius 2 is 1.97 bits per heavy atom. The number of methoxy groups -OCH3 is 1. The van der Waals surface area contributed by atoms with Crippen molar-refractivity contribution in [3.05, 3.63) is 23.3 Å². The smallest absolute Gasteiger partial charge is 0.309 e. The number of aliphatic hydroxyl groups excluding tert-OH is 1. The highest BCUT2D eigenvalue weighted by molar-refractivity contribution is 5.92. The number of carboxylic acid groups (broad SMARTS) is 1. The Morgan fingerprint density at radius 1 is 1.26 bits per heavy atom. The van der Waals surface area contributed by atoms with Gasteiger partial charge in [-0.15, -0.1) is 0 Å². The van der Waals surface area contributed by atoms with Crippen LogP contribution in [0.25, 0.3) is 0 Å². The summed E-state index contributed by atoms with van der Waals surface area (Å²) in [7, 11) is 1.36. The normalized spacial score (nSPS) is 43.8. The summed E-state index contributed by atoms with van der Waals surface area (Å²) in [5.41, 5.74) is -0.836. The van der Waals surface area contributed by atoms with E-state index in [-0.39, 0.29) is 36.4 Å². The van der Waals surface area contributed by atoms with Gasteiger partial charge in [0.25, 0.3) is 0 Å². The van der Waals surface area contributed by atoms with Crippen LogP contribution >= 0.6 is 0 Å². The maximum Gasteiger partial charge on any atom is 0.309 e. The molecular weight excluding hydrogens is 400 g/mol. The maximum absolute atomic E-state index is 12.9. The first-order chi connectivity index (χ1) is 14.5. The van der Waals surface area contributed by atoms with Crippen LogP contribution in [0.15, 0.2) is 23.3 Å².